The highest BCUT2D eigenvalue weighted by Gasteiger charge is 2.21. The summed E-state index contributed by atoms with van der Waals surface area (Å²) in [5.74, 6) is 0.813. The molecule has 0 fully saturated rings. The number of aromatic amines is 2. The van der Waals surface area contributed by atoms with Crippen molar-refractivity contribution in [2.24, 2.45) is 0 Å². The maximum Gasteiger partial charge on any atom is 0.270 e. The fourth-order valence-electron chi connectivity index (χ4n) is 3.25. The van der Waals surface area contributed by atoms with Crippen molar-refractivity contribution in [2.75, 3.05) is 20.2 Å². The third kappa shape index (κ3) is 2.91. The molecule has 4 rings (SSSR count). The van der Waals surface area contributed by atoms with Gasteiger partial charge >= 0.3 is 0 Å². The standard InChI is InChI=1S/C19H18ClN3O2/c1-25-14-2-3-17-15(9-14)16(11-22-17)12-4-6-23(7-5-12)19(24)18-8-13(20)10-21-18/h2-4,8-11,21-22H,5-7H2,1H3. The van der Waals surface area contributed by atoms with Crippen LogP contribution in [0.3, 0.4) is 0 Å². The predicted octanol–water partition coefficient (Wildman–Crippen LogP) is 4.09. The molecule has 0 saturated heterocycles. The number of carbonyl (C=O) groups is 1. The molecule has 0 unspecified atom stereocenters. The second-order valence-corrected chi connectivity index (χ2v) is 6.51. The van der Waals surface area contributed by atoms with Crippen LogP contribution in [0.15, 0.2) is 42.7 Å². The first-order valence-electron chi connectivity index (χ1n) is 8.13. The quantitative estimate of drug-likeness (QED) is 0.743. The Morgan fingerprint density at radius 1 is 1.24 bits per heavy atom. The normalized spacial score (nSPS) is 14.6. The average Bonchev–Trinajstić information content (AvgIpc) is 3.27. The number of nitrogens with one attached hydrogen (secondary N) is 2. The first kappa shape index (κ1) is 15.8. The SMILES string of the molecule is COc1ccc2[nH]cc(C3=CCN(C(=O)c4cc(Cl)c[nH]4)CC3)c2c1. The summed E-state index contributed by atoms with van der Waals surface area (Å²) >= 11 is 5.89. The molecule has 0 spiro atoms. The minimum absolute atomic E-state index is 0.0252. The summed E-state index contributed by atoms with van der Waals surface area (Å²) in [6.07, 6.45) is 6.58. The molecule has 0 radical (unpaired) electrons. The number of H-pyrrole nitrogens is 2. The molecule has 25 heavy (non-hydrogen) atoms. The Labute approximate surface area is 150 Å². The van der Waals surface area contributed by atoms with Crippen LogP contribution < -0.4 is 4.74 Å². The number of rotatable bonds is 3. The van der Waals surface area contributed by atoms with Gasteiger partial charge in [0.25, 0.3) is 5.91 Å². The number of fused-ring (bicyclic) bond motifs is 1. The van der Waals surface area contributed by atoms with E-state index in [2.05, 4.69) is 16.0 Å². The summed E-state index contributed by atoms with van der Waals surface area (Å²) in [5, 5.41) is 1.69. The molecule has 0 aliphatic carbocycles. The Morgan fingerprint density at radius 2 is 2.12 bits per heavy atom. The number of hydrogen-bond acceptors (Lipinski definition) is 2. The molecule has 3 heterocycles. The van der Waals surface area contributed by atoms with Gasteiger partial charge in [-0.2, -0.15) is 0 Å². The van der Waals surface area contributed by atoms with E-state index in [1.54, 1.807) is 19.4 Å². The van der Waals surface area contributed by atoms with Crippen molar-refractivity contribution < 1.29 is 9.53 Å². The number of benzene rings is 1. The molecular formula is C19H18ClN3O2. The molecule has 5 nitrogen and oxygen atoms in total. The van der Waals surface area contributed by atoms with Gasteiger partial charge in [0.2, 0.25) is 0 Å². The summed E-state index contributed by atoms with van der Waals surface area (Å²) in [7, 11) is 1.67. The molecule has 0 atom stereocenters. The molecule has 0 saturated carbocycles. The number of aromatic nitrogens is 2. The van der Waals surface area contributed by atoms with Crippen LogP contribution in [-0.2, 0) is 0 Å². The molecule has 1 aromatic carbocycles. The van der Waals surface area contributed by atoms with Crippen LogP contribution in [0.2, 0.25) is 5.02 Å². The molecule has 2 N–H and O–H groups in total. The lowest BCUT2D eigenvalue weighted by atomic mass is 9.98. The second kappa shape index (κ2) is 6.33. The number of methoxy groups -OCH3 is 1. The number of halogens is 1. The maximum absolute atomic E-state index is 12.5. The Kier molecular flexibility index (Phi) is 4.01. The Morgan fingerprint density at radius 3 is 2.80 bits per heavy atom. The highest BCUT2D eigenvalue weighted by atomic mass is 35.5. The highest BCUT2D eigenvalue weighted by molar-refractivity contribution is 6.30. The lowest BCUT2D eigenvalue weighted by Crippen LogP contribution is -2.34. The van der Waals surface area contributed by atoms with Crippen molar-refractivity contribution >= 4 is 34.0 Å². The van der Waals surface area contributed by atoms with Gasteiger partial charge in [0.05, 0.1) is 12.1 Å². The van der Waals surface area contributed by atoms with Gasteiger partial charge in [-0.05, 0) is 36.3 Å². The van der Waals surface area contributed by atoms with Gasteiger partial charge in [0, 0.05) is 41.9 Å². The first-order valence-corrected chi connectivity index (χ1v) is 8.51. The molecule has 3 aromatic rings. The maximum atomic E-state index is 12.5. The van der Waals surface area contributed by atoms with E-state index in [9.17, 15) is 4.79 Å². The van der Waals surface area contributed by atoms with Crippen molar-refractivity contribution in [3.05, 3.63) is 59.0 Å². The van der Waals surface area contributed by atoms with Gasteiger partial charge in [-0.1, -0.05) is 17.7 Å². The minimum atomic E-state index is -0.0252. The average molecular weight is 356 g/mol. The van der Waals surface area contributed by atoms with Crippen molar-refractivity contribution in [3.63, 3.8) is 0 Å². The van der Waals surface area contributed by atoms with Crippen molar-refractivity contribution in [1.82, 2.24) is 14.9 Å². The lowest BCUT2D eigenvalue weighted by molar-refractivity contribution is 0.0768. The molecule has 0 bridgehead atoms. The number of hydrogen-bond donors (Lipinski definition) is 2. The summed E-state index contributed by atoms with van der Waals surface area (Å²) < 4.78 is 5.33. The van der Waals surface area contributed by atoms with Crippen LogP contribution in [0.1, 0.15) is 22.5 Å². The van der Waals surface area contributed by atoms with E-state index in [1.165, 1.54) is 11.1 Å². The molecule has 1 aliphatic rings. The van der Waals surface area contributed by atoms with E-state index in [0.29, 0.717) is 23.8 Å². The zero-order valence-corrected chi connectivity index (χ0v) is 14.6. The van der Waals surface area contributed by atoms with E-state index in [4.69, 9.17) is 16.3 Å². The van der Waals surface area contributed by atoms with E-state index >= 15 is 0 Å². The third-order valence-electron chi connectivity index (χ3n) is 4.61. The number of ether oxygens (including phenoxy) is 1. The fraction of sp³-hybridized carbons (Fsp3) is 0.211. The summed E-state index contributed by atoms with van der Waals surface area (Å²) in [6.45, 7) is 1.26. The van der Waals surface area contributed by atoms with Crippen LogP contribution >= 0.6 is 11.6 Å². The Balaban J connectivity index is 1.57. The van der Waals surface area contributed by atoms with Crippen LogP contribution in [0.5, 0.6) is 5.75 Å². The summed E-state index contributed by atoms with van der Waals surface area (Å²) in [4.78, 5) is 20.5. The molecule has 128 valence electrons. The van der Waals surface area contributed by atoms with E-state index in [1.807, 2.05) is 29.3 Å². The molecule has 1 aliphatic heterocycles. The van der Waals surface area contributed by atoms with Crippen molar-refractivity contribution in [3.8, 4) is 5.75 Å². The van der Waals surface area contributed by atoms with Crippen LogP contribution in [-0.4, -0.2) is 41.0 Å². The summed E-state index contributed by atoms with van der Waals surface area (Å²) in [6, 6.07) is 7.67. The molecular weight excluding hydrogens is 338 g/mol. The van der Waals surface area contributed by atoms with Crippen molar-refractivity contribution in [1.29, 1.82) is 0 Å². The molecule has 1 amide bonds. The van der Waals surface area contributed by atoms with Crippen LogP contribution in [0.4, 0.5) is 0 Å². The van der Waals surface area contributed by atoms with Gasteiger partial charge in [-0.25, -0.2) is 0 Å². The highest BCUT2D eigenvalue weighted by Crippen LogP contribution is 2.31. The van der Waals surface area contributed by atoms with E-state index in [-0.39, 0.29) is 5.91 Å². The predicted molar refractivity (Wildman–Crippen MR) is 99.2 cm³/mol. The minimum Gasteiger partial charge on any atom is -0.497 e. The van der Waals surface area contributed by atoms with Gasteiger partial charge in [-0.3, -0.25) is 4.79 Å². The van der Waals surface area contributed by atoms with Crippen LogP contribution in [0.25, 0.3) is 16.5 Å². The van der Waals surface area contributed by atoms with E-state index in [0.717, 1.165) is 23.1 Å². The molecule has 2 aromatic heterocycles. The summed E-state index contributed by atoms with van der Waals surface area (Å²) in [5.41, 5.74) is 4.02. The Hall–Kier alpha value is -2.66. The molecule has 6 heteroatoms. The van der Waals surface area contributed by atoms with Crippen LogP contribution in [0, 0.1) is 0 Å². The van der Waals surface area contributed by atoms with Gasteiger partial charge < -0.3 is 19.6 Å². The zero-order chi connectivity index (χ0) is 17.4. The fourth-order valence-corrected chi connectivity index (χ4v) is 3.42. The number of amides is 1. The smallest absolute Gasteiger partial charge is 0.270 e. The lowest BCUT2D eigenvalue weighted by Gasteiger charge is -2.26. The second-order valence-electron chi connectivity index (χ2n) is 6.08. The Bertz CT molecular complexity index is 970. The monoisotopic (exact) mass is 355 g/mol. The zero-order valence-electron chi connectivity index (χ0n) is 13.8. The largest absolute Gasteiger partial charge is 0.497 e. The van der Waals surface area contributed by atoms with Crippen molar-refractivity contribution in [2.45, 2.75) is 6.42 Å². The topological polar surface area (TPSA) is 61.1 Å². The number of nitrogens with zero attached hydrogens (tertiary/aromatic N) is 1. The first-order chi connectivity index (χ1) is 12.2. The van der Waals surface area contributed by atoms with Gasteiger partial charge in [0.1, 0.15) is 11.4 Å². The number of carbonyl (C=O) groups excluding carboxylic acids is 1. The van der Waals surface area contributed by atoms with Gasteiger partial charge in [-0.15, -0.1) is 0 Å². The van der Waals surface area contributed by atoms with Gasteiger partial charge in [0.15, 0.2) is 0 Å². The third-order valence-corrected chi connectivity index (χ3v) is 4.83. The van der Waals surface area contributed by atoms with E-state index < -0.39 is 0 Å².